The second kappa shape index (κ2) is 7.97. The van der Waals surface area contributed by atoms with Gasteiger partial charge in [-0.3, -0.25) is 5.01 Å². The van der Waals surface area contributed by atoms with E-state index >= 15 is 0 Å². The molecule has 0 spiro atoms. The smallest absolute Gasteiger partial charge is 0.118 e. The van der Waals surface area contributed by atoms with E-state index in [-0.39, 0.29) is 0 Å². The van der Waals surface area contributed by atoms with Crippen LogP contribution in [-0.4, -0.2) is 44.5 Å². The molecular weight excluding hydrogens is 298 g/mol. The SMILES string of the molecule is COc1ccc(C=NN2CC[NH+](Cc3ccc(C)cc3)CC2)cc1. The van der Waals surface area contributed by atoms with Crippen molar-refractivity contribution in [1.82, 2.24) is 5.01 Å². The van der Waals surface area contributed by atoms with E-state index in [1.165, 1.54) is 11.1 Å². The molecule has 3 rings (SSSR count). The maximum atomic E-state index is 5.17. The summed E-state index contributed by atoms with van der Waals surface area (Å²) in [5.74, 6) is 0.875. The van der Waals surface area contributed by atoms with E-state index in [0.717, 1.165) is 44.0 Å². The summed E-state index contributed by atoms with van der Waals surface area (Å²) in [5, 5.41) is 6.79. The minimum Gasteiger partial charge on any atom is -0.497 e. The van der Waals surface area contributed by atoms with Crippen molar-refractivity contribution in [2.45, 2.75) is 13.5 Å². The number of piperazine rings is 1. The highest BCUT2D eigenvalue weighted by molar-refractivity contribution is 5.79. The van der Waals surface area contributed by atoms with Crippen LogP contribution in [0.3, 0.4) is 0 Å². The third kappa shape index (κ3) is 4.59. The van der Waals surface area contributed by atoms with E-state index in [4.69, 9.17) is 4.74 Å². The number of benzene rings is 2. The van der Waals surface area contributed by atoms with Crippen molar-refractivity contribution in [3.8, 4) is 5.75 Å². The van der Waals surface area contributed by atoms with Crippen molar-refractivity contribution < 1.29 is 9.64 Å². The van der Waals surface area contributed by atoms with Crippen LogP contribution in [0.2, 0.25) is 0 Å². The van der Waals surface area contributed by atoms with Crippen LogP contribution in [0, 0.1) is 6.92 Å². The lowest BCUT2D eigenvalue weighted by molar-refractivity contribution is -0.918. The summed E-state index contributed by atoms with van der Waals surface area (Å²) in [7, 11) is 1.68. The van der Waals surface area contributed by atoms with Gasteiger partial charge in [0, 0.05) is 5.56 Å². The molecule has 1 aliphatic rings. The first-order valence-corrected chi connectivity index (χ1v) is 8.55. The predicted molar refractivity (Wildman–Crippen MR) is 97.7 cm³/mol. The van der Waals surface area contributed by atoms with Crippen molar-refractivity contribution in [2.75, 3.05) is 33.3 Å². The number of hydrazone groups is 1. The maximum absolute atomic E-state index is 5.17. The van der Waals surface area contributed by atoms with E-state index in [2.05, 4.69) is 41.3 Å². The van der Waals surface area contributed by atoms with Gasteiger partial charge >= 0.3 is 0 Å². The van der Waals surface area contributed by atoms with Gasteiger partial charge in [0.2, 0.25) is 0 Å². The molecule has 0 amide bonds. The Kier molecular flexibility index (Phi) is 5.49. The summed E-state index contributed by atoms with van der Waals surface area (Å²) < 4.78 is 5.17. The van der Waals surface area contributed by atoms with Crippen LogP contribution in [0.4, 0.5) is 0 Å². The van der Waals surface area contributed by atoms with E-state index in [9.17, 15) is 0 Å². The fourth-order valence-electron chi connectivity index (χ4n) is 2.94. The number of quaternary nitrogens is 1. The summed E-state index contributed by atoms with van der Waals surface area (Å²) in [6.07, 6.45) is 1.93. The fraction of sp³-hybridized carbons (Fsp3) is 0.350. The van der Waals surface area contributed by atoms with Gasteiger partial charge in [0.25, 0.3) is 0 Å². The molecule has 1 heterocycles. The van der Waals surface area contributed by atoms with Crippen LogP contribution in [0.1, 0.15) is 16.7 Å². The van der Waals surface area contributed by atoms with Crippen molar-refractivity contribution in [1.29, 1.82) is 0 Å². The summed E-state index contributed by atoms with van der Waals surface area (Å²) in [4.78, 5) is 1.63. The Morgan fingerprint density at radius 2 is 1.71 bits per heavy atom. The van der Waals surface area contributed by atoms with Crippen LogP contribution in [0.5, 0.6) is 5.75 Å². The summed E-state index contributed by atoms with van der Waals surface area (Å²) in [6, 6.07) is 16.9. The molecule has 0 unspecified atom stereocenters. The van der Waals surface area contributed by atoms with Gasteiger partial charge in [0.1, 0.15) is 12.3 Å². The molecule has 0 saturated carbocycles. The Balaban J connectivity index is 1.47. The lowest BCUT2D eigenvalue weighted by atomic mass is 10.1. The van der Waals surface area contributed by atoms with Gasteiger partial charge < -0.3 is 9.64 Å². The number of aryl methyl sites for hydroxylation is 1. The second-order valence-electron chi connectivity index (χ2n) is 6.38. The van der Waals surface area contributed by atoms with Crippen LogP contribution >= 0.6 is 0 Å². The Morgan fingerprint density at radius 1 is 1.04 bits per heavy atom. The molecule has 126 valence electrons. The van der Waals surface area contributed by atoms with E-state index in [1.807, 2.05) is 30.5 Å². The molecule has 1 saturated heterocycles. The quantitative estimate of drug-likeness (QED) is 0.849. The molecule has 1 fully saturated rings. The fourth-order valence-corrected chi connectivity index (χ4v) is 2.94. The highest BCUT2D eigenvalue weighted by Crippen LogP contribution is 2.10. The number of nitrogens with zero attached hydrogens (tertiary/aromatic N) is 2. The molecule has 24 heavy (non-hydrogen) atoms. The van der Waals surface area contributed by atoms with Gasteiger partial charge in [-0.2, -0.15) is 5.10 Å². The normalized spacial score (nSPS) is 15.8. The lowest BCUT2D eigenvalue weighted by Gasteiger charge is -2.30. The topological polar surface area (TPSA) is 29.3 Å². The molecule has 0 atom stereocenters. The largest absolute Gasteiger partial charge is 0.497 e. The summed E-state index contributed by atoms with van der Waals surface area (Å²) in [5.41, 5.74) is 3.85. The average molecular weight is 324 g/mol. The number of methoxy groups -OCH3 is 1. The van der Waals surface area contributed by atoms with Crippen molar-refractivity contribution in [3.05, 3.63) is 65.2 Å². The molecule has 1 aliphatic heterocycles. The molecule has 2 aromatic carbocycles. The third-order valence-corrected chi connectivity index (χ3v) is 4.51. The molecule has 0 aromatic heterocycles. The molecule has 1 N–H and O–H groups in total. The van der Waals surface area contributed by atoms with Crippen molar-refractivity contribution >= 4 is 6.21 Å². The first kappa shape index (κ1) is 16.5. The molecule has 4 nitrogen and oxygen atoms in total. The van der Waals surface area contributed by atoms with Gasteiger partial charge in [-0.15, -0.1) is 0 Å². The summed E-state index contributed by atoms with van der Waals surface area (Å²) >= 11 is 0. The van der Waals surface area contributed by atoms with Crippen molar-refractivity contribution in [2.24, 2.45) is 5.10 Å². The van der Waals surface area contributed by atoms with Crippen LogP contribution in [0.25, 0.3) is 0 Å². The van der Waals surface area contributed by atoms with Crippen LogP contribution in [0.15, 0.2) is 53.6 Å². The van der Waals surface area contributed by atoms with E-state index in [1.54, 1.807) is 12.0 Å². The average Bonchev–Trinajstić information content (AvgIpc) is 2.63. The zero-order valence-corrected chi connectivity index (χ0v) is 14.5. The van der Waals surface area contributed by atoms with Crippen LogP contribution in [-0.2, 0) is 6.54 Å². The molecule has 4 heteroatoms. The summed E-state index contributed by atoms with van der Waals surface area (Å²) in [6.45, 7) is 7.52. The number of hydrogen-bond acceptors (Lipinski definition) is 3. The molecule has 2 aromatic rings. The van der Waals surface area contributed by atoms with Gasteiger partial charge in [-0.25, -0.2) is 0 Å². The van der Waals surface area contributed by atoms with Gasteiger partial charge in [-0.1, -0.05) is 29.8 Å². The minimum atomic E-state index is 0.875. The number of nitrogens with one attached hydrogen (secondary N) is 1. The zero-order chi connectivity index (χ0) is 16.8. The monoisotopic (exact) mass is 324 g/mol. The highest BCUT2D eigenvalue weighted by atomic mass is 16.5. The molecule has 0 bridgehead atoms. The Hall–Kier alpha value is -2.33. The molecule has 0 radical (unpaired) electrons. The maximum Gasteiger partial charge on any atom is 0.118 e. The number of rotatable bonds is 5. The Morgan fingerprint density at radius 3 is 2.33 bits per heavy atom. The van der Waals surface area contributed by atoms with Gasteiger partial charge in [-0.05, 0) is 36.8 Å². The van der Waals surface area contributed by atoms with E-state index in [0.29, 0.717) is 0 Å². The van der Waals surface area contributed by atoms with Crippen LogP contribution < -0.4 is 9.64 Å². The predicted octanol–water partition coefficient (Wildman–Crippen LogP) is 1.74. The van der Waals surface area contributed by atoms with Crippen molar-refractivity contribution in [3.63, 3.8) is 0 Å². The zero-order valence-electron chi connectivity index (χ0n) is 14.5. The van der Waals surface area contributed by atoms with Gasteiger partial charge in [0.05, 0.1) is 39.5 Å². The van der Waals surface area contributed by atoms with E-state index < -0.39 is 0 Å². The lowest BCUT2D eigenvalue weighted by Crippen LogP contribution is -3.13. The third-order valence-electron chi connectivity index (χ3n) is 4.51. The van der Waals surface area contributed by atoms with Gasteiger partial charge in [0.15, 0.2) is 0 Å². The first-order chi connectivity index (χ1) is 11.7. The number of ether oxygens (including phenoxy) is 1. The standard InChI is InChI=1S/C20H25N3O/c1-17-3-5-19(6-4-17)16-22-11-13-23(14-12-22)21-15-18-7-9-20(24-2)10-8-18/h3-10,15H,11-14,16H2,1-2H3/p+1. The first-order valence-electron chi connectivity index (χ1n) is 8.55. The second-order valence-corrected chi connectivity index (χ2v) is 6.38. The Labute approximate surface area is 144 Å². The molecular formula is C20H26N3O+. The molecule has 0 aliphatic carbocycles. The highest BCUT2D eigenvalue weighted by Gasteiger charge is 2.18. The Bertz CT molecular complexity index is 656. The minimum absolute atomic E-state index is 0.875. The number of hydrogen-bond donors (Lipinski definition) is 1.